The zero-order chi connectivity index (χ0) is 29.1. The molecule has 4 unspecified atom stereocenters. The second kappa shape index (κ2) is 14.5. The summed E-state index contributed by atoms with van der Waals surface area (Å²) >= 11 is 0. The molecule has 3 aromatic carbocycles. The molecule has 0 saturated carbocycles. The fourth-order valence-corrected chi connectivity index (χ4v) is 4.04. The number of hydrogen-bond acceptors (Lipinski definition) is 6. The van der Waals surface area contributed by atoms with Gasteiger partial charge >= 0.3 is 5.97 Å². The summed E-state index contributed by atoms with van der Waals surface area (Å²) in [7, 11) is 0. The average molecular weight is 547 g/mol. The van der Waals surface area contributed by atoms with Crippen LogP contribution in [0.15, 0.2) is 84.9 Å². The van der Waals surface area contributed by atoms with E-state index in [0.29, 0.717) is 5.56 Å². The Bertz CT molecular complexity index is 1280. The highest BCUT2D eigenvalue weighted by atomic mass is 16.4. The quantitative estimate of drug-likeness (QED) is 0.188. The molecule has 40 heavy (non-hydrogen) atoms. The third kappa shape index (κ3) is 9.25. The molecule has 3 rings (SSSR count). The first-order chi connectivity index (χ1) is 19.1. The summed E-state index contributed by atoms with van der Waals surface area (Å²) in [6.07, 6.45) is 0.397. The Kier molecular flexibility index (Phi) is 10.8. The highest BCUT2D eigenvalue weighted by molar-refractivity contribution is 5.94. The molecule has 0 aliphatic rings. The molecule has 0 saturated heterocycles. The number of aromatic hydroxyl groups is 1. The maximum Gasteiger partial charge on any atom is 0.326 e. The van der Waals surface area contributed by atoms with Gasteiger partial charge in [-0.15, -0.1) is 0 Å². The highest BCUT2D eigenvalue weighted by Gasteiger charge is 2.28. The van der Waals surface area contributed by atoms with Gasteiger partial charge in [0.05, 0.1) is 6.04 Å². The van der Waals surface area contributed by atoms with Gasteiger partial charge < -0.3 is 31.9 Å². The second-order valence-corrected chi connectivity index (χ2v) is 9.55. The maximum absolute atomic E-state index is 13.2. The summed E-state index contributed by atoms with van der Waals surface area (Å²) in [6, 6.07) is 19.9. The minimum absolute atomic E-state index is 0.0486. The summed E-state index contributed by atoms with van der Waals surface area (Å²) < 4.78 is 0. The van der Waals surface area contributed by atoms with Crippen LogP contribution in [-0.2, 0) is 38.4 Å². The zero-order valence-corrected chi connectivity index (χ0v) is 22.1. The first-order valence-corrected chi connectivity index (χ1v) is 12.9. The van der Waals surface area contributed by atoms with Crippen LogP contribution in [-0.4, -0.2) is 58.1 Å². The lowest BCUT2D eigenvalue weighted by Gasteiger charge is -2.24. The minimum Gasteiger partial charge on any atom is -0.508 e. The predicted octanol–water partition coefficient (Wildman–Crippen LogP) is 1.31. The molecule has 0 fully saturated rings. The van der Waals surface area contributed by atoms with Gasteiger partial charge in [0.1, 0.15) is 23.9 Å². The number of aliphatic carboxylic acids is 1. The normalized spacial score (nSPS) is 13.8. The van der Waals surface area contributed by atoms with E-state index in [1.165, 1.54) is 19.1 Å². The molecule has 0 spiro atoms. The van der Waals surface area contributed by atoms with Crippen LogP contribution < -0.4 is 21.7 Å². The van der Waals surface area contributed by atoms with Gasteiger partial charge in [-0.3, -0.25) is 14.4 Å². The minimum atomic E-state index is -1.21. The predicted molar refractivity (Wildman–Crippen MR) is 149 cm³/mol. The van der Waals surface area contributed by atoms with Crippen LogP contribution in [0.25, 0.3) is 0 Å². The van der Waals surface area contributed by atoms with Gasteiger partial charge in [-0.1, -0.05) is 72.8 Å². The summed E-state index contributed by atoms with van der Waals surface area (Å²) in [5, 5.41) is 26.9. The van der Waals surface area contributed by atoms with Crippen LogP contribution in [0, 0.1) is 0 Å². The molecule has 0 aliphatic carbocycles. The van der Waals surface area contributed by atoms with Crippen molar-refractivity contribution in [2.75, 3.05) is 0 Å². The molecule has 0 aliphatic heterocycles. The molecule has 210 valence electrons. The van der Waals surface area contributed by atoms with Gasteiger partial charge in [0.2, 0.25) is 17.7 Å². The van der Waals surface area contributed by atoms with Gasteiger partial charge in [-0.05, 0) is 42.2 Å². The summed E-state index contributed by atoms with van der Waals surface area (Å²) in [6.45, 7) is 1.43. The van der Waals surface area contributed by atoms with E-state index in [9.17, 15) is 29.4 Å². The molecule has 3 amide bonds. The van der Waals surface area contributed by atoms with E-state index in [0.717, 1.165) is 11.1 Å². The van der Waals surface area contributed by atoms with Crippen LogP contribution in [0.1, 0.15) is 23.6 Å². The Hall–Kier alpha value is -4.70. The van der Waals surface area contributed by atoms with Crippen molar-refractivity contribution in [2.45, 2.75) is 50.4 Å². The number of nitrogens with two attached hydrogens (primary N) is 1. The Morgan fingerprint density at radius 3 is 1.68 bits per heavy atom. The molecule has 0 heterocycles. The van der Waals surface area contributed by atoms with E-state index in [-0.39, 0.29) is 25.0 Å². The van der Waals surface area contributed by atoms with Gasteiger partial charge in [-0.25, -0.2) is 4.79 Å². The van der Waals surface area contributed by atoms with Crippen molar-refractivity contribution in [3.63, 3.8) is 0 Å². The topological polar surface area (TPSA) is 171 Å². The standard InChI is InChI=1S/C30H34N4O6/c1-19(27(36)34-26(30(39)40)18-21-10-6-3-7-11-21)32-29(38)25(17-22-12-14-23(35)15-13-22)33-28(37)24(31)16-20-8-4-2-5-9-20/h2-15,19,24-26,35H,16-18,31H2,1H3,(H,32,38)(H,33,37)(H,34,36)(H,39,40). The van der Waals surface area contributed by atoms with Crippen molar-refractivity contribution in [2.24, 2.45) is 5.73 Å². The van der Waals surface area contributed by atoms with Crippen LogP contribution in [0.2, 0.25) is 0 Å². The van der Waals surface area contributed by atoms with Gasteiger partial charge in [-0.2, -0.15) is 0 Å². The highest BCUT2D eigenvalue weighted by Crippen LogP contribution is 2.12. The van der Waals surface area contributed by atoms with E-state index in [2.05, 4.69) is 16.0 Å². The number of amides is 3. The summed E-state index contributed by atoms with van der Waals surface area (Å²) in [5.41, 5.74) is 8.36. The number of rotatable bonds is 13. The van der Waals surface area contributed by atoms with E-state index >= 15 is 0 Å². The molecule has 10 nitrogen and oxygen atoms in total. The second-order valence-electron chi connectivity index (χ2n) is 9.55. The van der Waals surface area contributed by atoms with E-state index in [1.54, 1.807) is 42.5 Å². The molecule has 10 heteroatoms. The number of hydrogen-bond donors (Lipinski definition) is 6. The van der Waals surface area contributed by atoms with Crippen molar-refractivity contribution >= 4 is 23.7 Å². The number of carbonyl (C=O) groups excluding carboxylic acids is 3. The molecule has 0 radical (unpaired) electrons. The first kappa shape index (κ1) is 29.9. The van der Waals surface area contributed by atoms with Crippen molar-refractivity contribution in [3.05, 3.63) is 102 Å². The lowest BCUT2D eigenvalue weighted by Crippen LogP contribution is -2.57. The van der Waals surface area contributed by atoms with Crippen LogP contribution in [0.3, 0.4) is 0 Å². The zero-order valence-electron chi connectivity index (χ0n) is 22.1. The van der Waals surface area contributed by atoms with Crippen LogP contribution in [0.5, 0.6) is 5.75 Å². The van der Waals surface area contributed by atoms with Crippen molar-refractivity contribution in [3.8, 4) is 5.75 Å². The van der Waals surface area contributed by atoms with Gasteiger partial charge in [0.25, 0.3) is 0 Å². The third-order valence-corrected chi connectivity index (χ3v) is 6.29. The molecule has 4 atom stereocenters. The number of carboxylic acids is 1. The number of phenolic OH excluding ortho intramolecular Hbond substituents is 1. The summed E-state index contributed by atoms with van der Waals surface area (Å²) in [4.78, 5) is 50.7. The molecule has 7 N–H and O–H groups in total. The van der Waals surface area contributed by atoms with Gasteiger partial charge in [0, 0.05) is 12.8 Å². The lowest BCUT2D eigenvalue weighted by atomic mass is 10.0. The number of phenols is 1. The monoisotopic (exact) mass is 546 g/mol. The number of benzene rings is 3. The molecule has 0 bridgehead atoms. The molecule has 0 aromatic heterocycles. The average Bonchev–Trinajstić information content (AvgIpc) is 2.94. The van der Waals surface area contributed by atoms with Crippen molar-refractivity contribution < 1.29 is 29.4 Å². The van der Waals surface area contributed by atoms with E-state index < -0.39 is 47.9 Å². The Morgan fingerprint density at radius 2 is 1.12 bits per heavy atom. The van der Waals surface area contributed by atoms with Crippen molar-refractivity contribution in [1.29, 1.82) is 0 Å². The van der Waals surface area contributed by atoms with Crippen LogP contribution >= 0.6 is 0 Å². The van der Waals surface area contributed by atoms with Crippen LogP contribution in [0.4, 0.5) is 0 Å². The fraction of sp³-hybridized carbons (Fsp3) is 0.267. The van der Waals surface area contributed by atoms with E-state index in [1.807, 2.05) is 30.3 Å². The first-order valence-electron chi connectivity index (χ1n) is 12.9. The number of nitrogens with one attached hydrogen (secondary N) is 3. The fourth-order valence-electron chi connectivity index (χ4n) is 4.04. The molecule has 3 aromatic rings. The Morgan fingerprint density at radius 1 is 0.650 bits per heavy atom. The van der Waals surface area contributed by atoms with E-state index in [4.69, 9.17) is 5.73 Å². The lowest BCUT2D eigenvalue weighted by molar-refractivity contribution is -0.142. The summed E-state index contributed by atoms with van der Waals surface area (Å²) in [5.74, 6) is -3.04. The number of carboxylic acid groups (broad SMARTS) is 1. The Balaban J connectivity index is 1.67. The Labute approximate surface area is 232 Å². The van der Waals surface area contributed by atoms with Crippen molar-refractivity contribution in [1.82, 2.24) is 16.0 Å². The SMILES string of the molecule is CC(NC(=O)C(Cc1ccc(O)cc1)NC(=O)C(N)Cc1ccccc1)C(=O)NC(Cc1ccccc1)C(=O)O. The number of carbonyl (C=O) groups is 4. The largest absolute Gasteiger partial charge is 0.508 e. The smallest absolute Gasteiger partial charge is 0.326 e. The molecular formula is C30H34N4O6. The molecular weight excluding hydrogens is 512 g/mol. The van der Waals surface area contributed by atoms with Gasteiger partial charge in [0.15, 0.2) is 0 Å². The third-order valence-electron chi connectivity index (χ3n) is 6.29. The maximum atomic E-state index is 13.2.